The highest BCUT2D eigenvalue weighted by atomic mass is 35.5. The van der Waals surface area contributed by atoms with Crippen LogP contribution in [0.3, 0.4) is 0 Å². The molecule has 1 N–H and O–H groups in total. The maximum atomic E-state index is 5.88. The first-order valence-electron chi connectivity index (χ1n) is 6.22. The smallest absolute Gasteiger partial charge is 0.321 e. The van der Waals surface area contributed by atoms with Crippen LogP contribution in [0.15, 0.2) is 36.7 Å². The van der Waals surface area contributed by atoms with Gasteiger partial charge in [0.05, 0.1) is 6.61 Å². The molecule has 2 rings (SSSR count). The monoisotopic (exact) mass is 293 g/mol. The van der Waals surface area contributed by atoms with Crippen molar-refractivity contribution in [1.82, 2.24) is 15.3 Å². The standard InChI is InChI=1S/C14H16ClN3O2/c1-19-6-5-16-8-11-9-17-14(18-10-11)20-13-4-2-3-12(15)7-13/h2-4,7,9-10,16H,5-6,8H2,1H3. The van der Waals surface area contributed by atoms with E-state index < -0.39 is 0 Å². The molecule has 6 heteroatoms. The third-order valence-electron chi connectivity index (χ3n) is 2.50. The average Bonchev–Trinajstić information content (AvgIpc) is 2.45. The summed E-state index contributed by atoms with van der Waals surface area (Å²) in [7, 11) is 1.67. The van der Waals surface area contributed by atoms with Crippen molar-refractivity contribution in [3.63, 3.8) is 0 Å². The zero-order valence-corrected chi connectivity index (χ0v) is 11.9. The molecular formula is C14H16ClN3O2. The minimum atomic E-state index is 0.299. The predicted octanol–water partition coefficient (Wildman–Crippen LogP) is 2.66. The Hall–Kier alpha value is -1.69. The van der Waals surface area contributed by atoms with E-state index in [0.29, 0.717) is 29.9 Å². The molecule has 106 valence electrons. The molecular weight excluding hydrogens is 278 g/mol. The second kappa shape index (κ2) is 7.79. The summed E-state index contributed by atoms with van der Waals surface area (Å²) in [5.41, 5.74) is 0.986. The number of benzene rings is 1. The van der Waals surface area contributed by atoms with Crippen molar-refractivity contribution < 1.29 is 9.47 Å². The summed E-state index contributed by atoms with van der Waals surface area (Å²) in [5, 5.41) is 3.83. The van der Waals surface area contributed by atoms with Gasteiger partial charge < -0.3 is 14.8 Å². The zero-order valence-electron chi connectivity index (χ0n) is 11.2. The quantitative estimate of drug-likeness (QED) is 0.795. The SMILES string of the molecule is COCCNCc1cnc(Oc2cccc(Cl)c2)nc1. The van der Waals surface area contributed by atoms with Crippen molar-refractivity contribution in [2.75, 3.05) is 20.3 Å². The second-order valence-corrected chi connectivity index (χ2v) is 4.54. The Morgan fingerprint density at radius 1 is 1.25 bits per heavy atom. The third kappa shape index (κ3) is 4.77. The molecule has 0 atom stereocenters. The molecule has 20 heavy (non-hydrogen) atoms. The lowest BCUT2D eigenvalue weighted by molar-refractivity contribution is 0.199. The van der Waals surface area contributed by atoms with Crippen molar-refractivity contribution in [3.05, 3.63) is 47.2 Å². The summed E-state index contributed by atoms with van der Waals surface area (Å²) in [6.45, 7) is 2.16. The van der Waals surface area contributed by atoms with Gasteiger partial charge in [-0.3, -0.25) is 0 Å². The Balaban J connectivity index is 1.88. The van der Waals surface area contributed by atoms with Crippen LogP contribution in [-0.2, 0) is 11.3 Å². The lowest BCUT2D eigenvalue weighted by Gasteiger charge is -2.06. The van der Waals surface area contributed by atoms with Crippen molar-refractivity contribution >= 4 is 11.6 Å². The topological polar surface area (TPSA) is 56.3 Å². The summed E-state index contributed by atoms with van der Waals surface area (Å²) in [5.74, 6) is 0.614. The van der Waals surface area contributed by atoms with E-state index in [1.54, 1.807) is 37.7 Å². The maximum absolute atomic E-state index is 5.88. The largest absolute Gasteiger partial charge is 0.424 e. The Bertz CT molecular complexity index is 534. The number of hydrogen-bond acceptors (Lipinski definition) is 5. The Morgan fingerprint density at radius 2 is 2.05 bits per heavy atom. The summed E-state index contributed by atoms with van der Waals surface area (Å²) < 4.78 is 10.5. The van der Waals surface area contributed by atoms with Gasteiger partial charge >= 0.3 is 6.01 Å². The molecule has 1 aromatic heterocycles. The van der Waals surface area contributed by atoms with Crippen LogP contribution in [0.2, 0.25) is 5.02 Å². The lowest BCUT2D eigenvalue weighted by atomic mass is 10.3. The molecule has 1 heterocycles. The van der Waals surface area contributed by atoms with Gasteiger partial charge in [0, 0.05) is 43.2 Å². The van der Waals surface area contributed by atoms with Crippen LogP contribution in [0.25, 0.3) is 0 Å². The van der Waals surface area contributed by atoms with Gasteiger partial charge in [0.2, 0.25) is 0 Å². The first-order chi connectivity index (χ1) is 9.78. The normalized spacial score (nSPS) is 10.5. The van der Waals surface area contributed by atoms with E-state index in [2.05, 4.69) is 15.3 Å². The highest BCUT2D eigenvalue weighted by Gasteiger charge is 2.01. The highest BCUT2D eigenvalue weighted by Crippen LogP contribution is 2.21. The van der Waals surface area contributed by atoms with Crippen molar-refractivity contribution in [3.8, 4) is 11.8 Å². The summed E-state index contributed by atoms with van der Waals surface area (Å²) in [4.78, 5) is 8.31. The minimum Gasteiger partial charge on any atom is -0.424 e. The van der Waals surface area contributed by atoms with Crippen LogP contribution >= 0.6 is 11.6 Å². The molecule has 0 aliphatic rings. The number of aromatic nitrogens is 2. The summed E-state index contributed by atoms with van der Waals surface area (Å²) in [6.07, 6.45) is 3.46. The van der Waals surface area contributed by atoms with Gasteiger partial charge in [-0.1, -0.05) is 17.7 Å². The van der Waals surface area contributed by atoms with E-state index in [1.165, 1.54) is 0 Å². The van der Waals surface area contributed by atoms with Crippen molar-refractivity contribution in [2.24, 2.45) is 0 Å². The molecule has 0 saturated heterocycles. The zero-order chi connectivity index (χ0) is 14.2. The van der Waals surface area contributed by atoms with E-state index in [4.69, 9.17) is 21.1 Å². The number of halogens is 1. The first-order valence-corrected chi connectivity index (χ1v) is 6.60. The van der Waals surface area contributed by atoms with Gasteiger partial charge in [0.15, 0.2) is 0 Å². The molecule has 0 spiro atoms. The molecule has 0 amide bonds. The molecule has 0 aliphatic carbocycles. The fourth-order valence-electron chi connectivity index (χ4n) is 1.53. The molecule has 0 unspecified atom stereocenters. The average molecular weight is 294 g/mol. The first kappa shape index (κ1) is 14.7. The lowest BCUT2D eigenvalue weighted by Crippen LogP contribution is -2.18. The number of methoxy groups -OCH3 is 1. The van der Waals surface area contributed by atoms with E-state index in [9.17, 15) is 0 Å². The predicted molar refractivity (Wildman–Crippen MR) is 77.1 cm³/mol. The van der Waals surface area contributed by atoms with Crippen LogP contribution in [0.5, 0.6) is 11.8 Å². The summed E-state index contributed by atoms with van der Waals surface area (Å²) in [6, 6.07) is 7.41. The van der Waals surface area contributed by atoms with Gasteiger partial charge in [-0.2, -0.15) is 0 Å². The van der Waals surface area contributed by atoms with Crippen molar-refractivity contribution in [2.45, 2.75) is 6.54 Å². The van der Waals surface area contributed by atoms with Gasteiger partial charge in [-0.05, 0) is 18.2 Å². The van der Waals surface area contributed by atoms with Gasteiger partial charge in [0.25, 0.3) is 0 Å². The number of nitrogens with zero attached hydrogens (tertiary/aromatic N) is 2. The van der Waals surface area contributed by atoms with Gasteiger partial charge in [0.1, 0.15) is 5.75 Å². The fourth-order valence-corrected chi connectivity index (χ4v) is 1.71. The number of hydrogen-bond donors (Lipinski definition) is 1. The number of rotatable bonds is 7. The minimum absolute atomic E-state index is 0.299. The van der Waals surface area contributed by atoms with Crippen LogP contribution < -0.4 is 10.1 Å². The molecule has 2 aromatic rings. The summed E-state index contributed by atoms with van der Waals surface area (Å²) >= 11 is 5.88. The van der Waals surface area contributed by atoms with Gasteiger partial charge in [-0.25, -0.2) is 9.97 Å². The van der Waals surface area contributed by atoms with Gasteiger partial charge in [-0.15, -0.1) is 0 Å². The van der Waals surface area contributed by atoms with Crippen LogP contribution in [0.4, 0.5) is 0 Å². The van der Waals surface area contributed by atoms with Crippen LogP contribution in [0, 0.1) is 0 Å². The molecule has 0 radical (unpaired) electrons. The molecule has 0 fully saturated rings. The number of nitrogens with one attached hydrogen (secondary N) is 1. The van der Waals surface area contributed by atoms with Crippen LogP contribution in [-0.4, -0.2) is 30.2 Å². The third-order valence-corrected chi connectivity index (χ3v) is 2.73. The Kier molecular flexibility index (Phi) is 5.73. The van der Waals surface area contributed by atoms with E-state index in [0.717, 1.165) is 12.1 Å². The van der Waals surface area contributed by atoms with E-state index in [-0.39, 0.29) is 0 Å². The molecule has 0 bridgehead atoms. The molecule has 1 aromatic carbocycles. The van der Waals surface area contributed by atoms with Crippen molar-refractivity contribution in [1.29, 1.82) is 0 Å². The molecule has 5 nitrogen and oxygen atoms in total. The van der Waals surface area contributed by atoms with E-state index >= 15 is 0 Å². The Labute approximate surface area is 122 Å². The Morgan fingerprint density at radius 3 is 2.75 bits per heavy atom. The van der Waals surface area contributed by atoms with E-state index in [1.807, 2.05) is 6.07 Å². The van der Waals surface area contributed by atoms with Crippen LogP contribution in [0.1, 0.15) is 5.56 Å². The second-order valence-electron chi connectivity index (χ2n) is 4.10. The highest BCUT2D eigenvalue weighted by molar-refractivity contribution is 6.30. The fraction of sp³-hybridized carbons (Fsp3) is 0.286. The maximum Gasteiger partial charge on any atom is 0.321 e. The molecule has 0 aliphatic heterocycles. The number of ether oxygens (including phenoxy) is 2. The molecule has 0 saturated carbocycles.